The van der Waals surface area contributed by atoms with E-state index in [0.29, 0.717) is 0 Å². The molecule has 0 N–H and O–H groups in total. The van der Waals surface area contributed by atoms with E-state index in [1.54, 1.807) is 0 Å². The summed E-state index contributed by atoms with van der Waals surface area (Å²) in [5.41, 5.74) is 13.2. The molecule has 0 radical (unpaired) electrons. The minimum atomic E-state index is -2.65. The lowest BCUT2D eigenvalue weighted by molar-refractivity contribution is 1.28. The Morgan fingerprint density at radius 3 is 1.25 bits per heavy atom. The fourth-order valence-corrected chi connectivity index (χ4v) is 14.7. The summed E-state index contributed by atoms with van der Waals surface area (Å²) in [5.74, 6) is 0. The number of anilines is 3. The van der Waals surface area contributed by atoms with E-state index in [1.807, 2.05) is 0 Å². The summed E-state index contributed by atoms with van der Waals surface area (Å²) in [6.45, 7) is 0. The molecule has 0 bridgehead atoms. The zero-order chi connectivity index (χ0) is 39.9. The van der Waals surface area contributed by atoms with Gasteiger partial charge in [0.1, 0.15) is 0 Å². The number of benzene rings is 10. The summed E-state index contributed by atoms with van der Waals surface area (Å²) in [5, 5.41) is 8.29. The minimum Gasteiger partial charge on any atom is -0.310 e. The normalized spacial score (nSPS) is 12.5. The molecule has 0 saturated heterocycles. The Labute approximate surface area is 353 Å². The molecule has 1 aliphatic heterocycles. The van der Waals surface area contributed by atoms with E-state index in [0.717, 1.165) is 17.1 Å². The van der Waals surface area contributed by atoms with Crippen molar-refractivity contribution in [3.05, 3.63) is 249 Å². The Balaban J connectivity index is 1.04. The van der Waals surface area contributed by atoms with E-state index in [1.165, 1.54) is 76.0 Å². The Morgan fingerprint density at radius 2 is 0.650 bits per heavy atom. The quantitative estimate of drug-likeness (QED) is 0.139. The average Bonchev–Trinajstić information content (AvgIpc) is 3.61. The summed E-state index contributed by atoms with van der Waals surface area (Å²) in [4.78, 5) is 2.38. The largest absolute Gasteiger partial charge is 0.310 e. The van der Waals surface area contributed by atoms with Crippen molar-refractivity contribution in [1.29, 1.82) is 0 Å². The molecule has 1 nitrogen and oxygen atoms in total. The Hall–Kier alpha value is -7.52. The summed E-state index contributed by atoms with van der Waals surface area (Å²) >= 11 is 0. The van der Waals surface area contributed by atoms with Gasteiger partial charge in [0.05, 0.1) is 0 Å². The van der Waals surface area contributed by atoms with Crippen molar-refractivity contribution in [2.24, 2.45) is 0 Å². The first-order chi connectivity index (χ1) is 29.7. The lowest BCUT2D eigenvalue weighted by atomic mass is 9.97. The number of para-hydroxylation sites is 1. The van der Waals surface area contributed by atoms with E-state index in [-0.39, 0.29) is 0 Å². The van der Waals surface area contributed by atoms with Crippen LogP contribution in [0.2, 0.25) is 0 Å². The molecule has 0 unspecified atom stereocenters. The Bertz CT molecular complexity index is 3080. The first-order valence-electron chi connectivity index (χ1n) is 20.7. The van der Waals surface area contributed by atoms with Gasteiger partial charge in [-0.25, -0.2) is 0 Å². The molecule has 1 heterocycles. The predicted molar refractivity (Wildman–Crippen MR) is 258 cm³/mol. The minimum absolute atomic E-state index is 1.11. The third-order valence-corrected chi connectivity index (χ3v) is 17.2. The molecule has 1 aliphatic rings. The van der Waals surface area contributed by atoms with Crippen LogP contribution in [0.4, 0.5) is 17.1 Å². The van der Waals surface area contributed by atoms with Crippen molar-refractivity contribution in [1.82, 2.24) is 0 Å². The fraction of sp³-hybridized carbons (Fsp3) is 0. The number of nitrogens with zero attached hydrogens (tertiary/aromatic N) is 1. The summed E-state index contributed by atoms with van der Waals surface area (Å²) in [7, 11) is -2.65. The van der Waals surface area contributed by atoms with Crippen LogP contribution in [0.1, 0.15) is 0 Å². The molecule has 2 heteroatoms. The van der Waals surface area contributed by atoms with Crippen molar-refractivity contribution >= 4 is 56.7 Å². The van der Waals surface area contributed by atoms with E-state index in [4.69, 9.17) is 0 Å². The lowest BCUT2D eigenvalue weighted by Gasteiger charge is -2.31. The van der Waals surface area contributed by atoms with Crippen molar-refractivity contribution in [2.45, 2.75) is 0 Å². The van der Waals surface area contributed by atoms with Gasteiger partial charge in [-0.2, -0.15) is 0 Å². The predicted octanol–water partition coefficient (Wildman–Crippen LogP) is 12.7. The molecule has 0 amide bonds. The highest BCUT2D eigenvalue weighted by atomic mass is 28.3. The second kappa shape index (κ2) is 15.0. The number of hydrogen-bond donors (Lipinski definition) is 0. The highest BCUT2D eigenvalue weighted by molar-refractivity contribution is 7.22. The molecule has 60 heavy (non-hydrogen) atoms. The van der Waals surface area contributed by atoms with Crippen LogP contribution < -0.4 is 25.6 Å². The maximum Gasteiger partial charge on any atom is 0.180 e. The van der Waals surface area contributed by atoms with Crippen molar-refractivity contribution in [3.63, 3.8) is 0 Å². The van der Waals surface area contributed by atoms with Gasteiger partial charge >= 0.3 is 0 Å². The van der Waals surface area contributed by atoms with Crippen LogP contribution in [0.25, 0.3) is 55.3 Å². The lowest BCUT2D eigenvalue weighted by Crippen LogP contribution is -2.72. The van der Waals surface area contributed by atoms with Gasteiger partial charge in [0, 0.05) is 17.1 Å². The van der Waals surface area contributed by atoms with E-state index in [9.17, 15) is 0 Å². The second-order valence-electron chi connectivity index (χ2n) is 15.7. The van der Waals surface area contributed by atoms with Crippen LogP contribution in [0, 0.1) is 0 Å². The molecule has 0 spiro atoms. The number of rotatable bonds is 8. The second-order valence-corrected chi connectivity index (χ2v) is 19.4. The molecule has 10 aromatic rings. The van der Waals surface area contributed by atoms with E-state index in [2.05, 4.69) is 254 Å². The fourth-order valence-electron chi connectivity index (χ4n) is 9.52. The van der Waals surface area contributed by atoms with Gasteiger partial charge in [-0.1, -0.05) is 200 Å². The van der Waals surface area contributed by atoms with Crippen molar-refractivity contribution in [3.8, 4) is 44.5 Å². The summed E-state index contributed by atoms with van der Waals surface area (Å²) in [6.07, 6.45) is 0. The molecular formula is C58H41NSi. The van der Waals surface area contributed by atoms with Gasteiger partial charge in [-0.3, -0.25) is 0 Å². The first-order valence-corrected chi connectivity index (χ1v) is 22.7. The molecular weight excluding hydrogens is 739 g/mol. The molecule has 0 aliphatic carbocycles. The topological polar surface area (TPSA) is 3.24 Å². The first kappa shape index (κ1) is 35.6. The van der Waals surface area contributed by atoms with Crippen LogP contribution in [0.5, 0.6) is 0 Å². The molecule has 282 valence electrons. The van der Waals surface area contributed by atoms with Gasteiger partial charge in [0.2, 0.25) is 0 Å². The van der Waals surface area contributed by atoms with Crippen LogP contribution in [-0.4, -0.2) is 8.07 Å². The molecule has 0 atom stereocenters. The smallest absolute Gasteiger partial charge is 0.180 e. The van der Waals surface area contributed by atoms with Crippen LogP contribution in [-0.2, 0) is 0 Å². The zero-order valence-electron chi connectivity index (χ0n) is 33.1. The Morgan fingerprint density at radius 1 is 0.250 bits per heavy atom. The standard InChI is InChI=1S/C58H41NSi/c1-5-17-42(18-6-1)43-31-33-44(34-32-43)45-21-15-25-51(37-45)59(50-23-7-2-8-24-50)52-26-16-22-46(38-52)49-35-36-57-55(40-49)56-39-47-19-13-14-20-48(47)41-58(56)60(57,53-27-9-3-10-28-53)54-29-11-4-12-30-54/h1-41H. The van der Waals surface area contributed by atoms with Crippen molar-refractivity contribution in [2.75, 3.05) is 4.90 Å². The summed E-state index contributed by atoms with van der Waals surface area (Å²) in [6, 6.07) is 91.8. The zero-order valence-corrected chi connectivity index (χ0v) is 34.1. The highest BCUT2D eigenvalue weighted by Gasteiger charge is 2.48. The maximum atomic E-state index is 2.50. The van der Waals surface area contributed by atoms with Gasteiger partial charge in [0.25, 0.3) is 0 Å². The summed E-state index contributed by atoms with van der Waals surface area (Å²) < 4.78 is 0. The van der Waals surface area contributed by atoms with E-state index >= 15 is 0 Å². The van der Waals surface area contributed by atoms with Gasteiger partial charge < -0.3 is 4.90 Å². The van der Waals surface area contributed by atoms with Crippen LogP contribution in [0.15, 0.2) is 249 Å². The molecule has 0 fully saturated rings. The van der Waals surface area contributed by atoms with Crippen LogP contribution in [0.3, 0.4) is 0 Å². The number of hydrogen-bond acceptors (Lipinski definition) is 1. The maximum absolute atomic E-state index is 2.65. The van der Waals surface area contributed by atoms with Crippen molar-refractivity contribution < 1.29 is 0 Å². The molecule has 10 aromatic carbocycles. The van der Waals surface area contributed by atoms with Gasteiger partial charge in [-0.15, -0.1) is 0 Å². The third-order valence-electron chi connectivity index (χ3n) is 12.3. The SMILES string of the molecule is c1ccc(-c2ccc(-c3cccc(N(c4ccccc4)c4cccc(-c5ccc6c(c5)-c5cc7ccccc7cc5[Si]6(c5ccccc5)c5ccccc5)c4)c3)cc2)cc1. The third kappa shape index (κ3) is 6.09. The average molecular weight is 780 g/mol. The van der Waals surface area contributed by atoms with Gasteiger partial charge in [0.15, 0.2) is 8.07 Å². The van der Waals surface area contributed by atoms with E-state index < -0.39 is 8.07 Å². The highest BCUT2D eigenvalue weighted by Crippen LogP contribution is 2.40. The Kier molecular flexibility index (Phi) is 8.91. The monoisotopic (exact) mass is 779 g/mol. The van der Waals surface area contributed by atoms with Crippen LogP contribution >= 0.6 is 0 Å². The molecule has 0 aromatic heterocycles. The molecule has 11 rings (SSSR count). The van der Waals surface area contributed by atoms with Gasteiger partial charge in [-0.05, 0) is 125 Å². The number of fused-ring (bicyclic) bond motifs is 4. The molecule has 0 saturated carbocycles.